The Labute approximate surface area is 68.5 Å². The molecule has 0 saturated heterocycles. The van der Waals surface area contributed by atoms with Crippen molar-refractivity contribution in [2.75, 3.05) is 32.7 Å². The van der Waals surface area contributed by atoms with E-state index in [0.29, 0.717) is 0 Å². The molecule has 5 heteroatoms. The Hall–Kier alpha value is 0.0400. The summed E-state index contributed by atoms with van der Waals surface area (Å²) in [6, 6.07) is -0.179. The Morgan fingerprint density at radius 1 is 1.09 bits per heavy atom. The van der Waals surface area contributed by atoms with Crippen LogP contribution in [0.15, 0.2) is 0 Å². The van der Waals surface area contributed by atoms with Gasteiger partial charge in [0.25, 0.3) is 0 Å². The van der Waals surface area contributed by atoms with Gasteiger partial charge in [0.2, 0.25) is 0 Å². The molecular weight excluding hydrogens is 181 g/mol. The third kappa shape index (κ3) is 3.29. The number of rotatable bonds is 6. The molecular formula is C6H10ClF3O. The van der Waals surface area contributed by atoms with Crippen LogP contribution in [0.2, 0.25) is 0 Å². The molecule has 0 aromatic carbocycles. The van der Waals surface area contributed by atoms with Crippen molar-refractivity contribution in [3.05, 3.63) is 0 Å². The van der Waals surface area contributed by atoms with Gasteiger partial charge in [0.15, 0.2) is 0 Å². The topological polar surface area (TPSA) is 9.23 Å². The molecule has 0 fully saturated rings. The SMILES string of the molecule is FCC(CF)(CF)COCCl. The van der Waals surface area contributed by atoms with Gasteiger partial charge in [-0.3, -0.25) is 13.2 Å². The average Bonchev–Trinajstić information content (AvgIpc) is 2.08. The van der Waals surface area contributed by atoms with E-state index in [9.17, 15) is 13.2 Å². The minimum atomic E-state index is -1.63. The second-order valence-corrected chi connectivity index (χ2v) is 2.58. The first-order valence-electron chi connectivity index (χ1n) is 3.06. The Balaban J connectivity index is 3.84. The summed E-state index contributed by atoms with van der Waals surface area (Å²) in [5.74, 6) is 0. The predicted molar refractivity (Wildman–Crippen MR) is 37.0 cm³/mol. The molecule has 0 aromatic heterocycles. The maximum Gasteiger partial charge on any atom is 0.120 e. The monoisotopic (exact) mass is 190 g/mol. The lowest BCUT2D eigenvalue weighted by Crippen LogP contribution is -2.34. The van der Waals surface area contributed by atoms with Crippen LogP contribution < -0.4 is 0 Å². The maximum atomic E-state index is 12.0. The smallest absolute Gasteiger partial charge is 0.120 e. The molecule has 0 radical (unpaired) electrons. The summed E-state index contributed by atoms with van der Waals surface area (Å²) in [6.45, 7) is -3.54. The zero-order chi connectivity index (χ0) is 8.74. The predicted octanol–water partition coefficient (Wildman–Crippen LogP) is 2.09. The number of hydrogen-bond donors (Lipinski definition) is 0. The zero-order valence-corrected chi connectivity index (χ0v) is 6.71. The number of halogens is 4. The summed E-state index contributed by atoms with van der Waals surface area (Å²) < 4.78 is 40.6. The molecule has 0 aliphatic heterocycles. The normalized spacial score (nSPS) is 12.0. The van der Waals surface area contributed by atoms with Crippen LogP contribution in [0.3, 0.4) is 0 Å². The lowest BCUT2D eigenvalue weighted by molar-refractivity contribution is 0.0128. The van der Waals surface area contributed by atoms with Crippen LogP contribution in [0.4, 0.5) is 13.2 Å². The largest absolute Gasteiger partial charge is 0.365 e. The van der Waals surface area contributed by atoms with Crippen molar-refractivity contribution in [1.82, 2.24) is 0 Å². The van der Waals surface area contributed by atoms with E-state index in [1.807, 2.05) is 0 Å². The van der Waals surface area contributed by atoms with Gasteiger partial charge in [-0.15, -0.1) is 0 Å². The molecule has 0 aromatic rings. The highest BCUT2D eigenvalue weighted by atomic mass is 35.5. The van der Waals surface area contributed by atoms with Gasteiger partial charge in [-0.2, -0.15) is 0 Å². The molecule has 0 saturated carbocycles. The highest BCUT2D eigenvalue weighted by molar-refractivity contribution is 6.17. The second kappa shape index (κ2) is 5.66. The van der Waals surface area contributed by atoms with E-state index in [-0.39, 0.29) is 12.7 Å². The van der Waals surface area contributed by atoms with Crippen molar-refractivity contribution < 1.29 is 17.9 Å². The van der Waals surface area contributed by atoms with Gasteiger partial charge in [0.05, 0.1) is 12.0 Å². The van der Waals surface area contributed by atoms with E-state index in [1.54, 1.807) is 0 Å². The molecule has 0 spiro atoms. The summed E-state index contributed by atoms with van der Waals surface area (Å²) in [5, 5.41) is 0. The van der Waals surface area contributed by atoms with Gasteiger partial charge in [0.1, 0.15) is 26.1 Å². The summed E-state index contributed by atoms with van der Waals surface area (Å²) in [5.41, 5.74) is -1.63. The molecule has 0 atom stereocenters. The minimum absolute atomic E-state index is 0.179. The highest BCUT2D eigenvalue weighted by Crippen LogP contribution is 2.20. The Morgan fingerprint density at radius 2 is 1.55 bits per heavy atom. The number of ether oxygens (including phenoxy) is 1. The Bertz CT molecular complexity index is 89.6. The van der Waals surface area contributed by atoms with Gasteiger partial charge < -0.3 is 4.74 Å². The molecule has 0 rings (SSSR count). The highest BCUT2D eigenvalue weighted by Gasteiger charge is 2.31. The summed E-state index contributed by atoms with van der Waals surface area (Å²) in [6.07, 6.45) is 0. The second-order valence-electron chi connectivity index (χ2n) is 2.36. The van der Waals surface area contributed by atoms with Crippen LogP contribution in [0.5, 0.6) is 0 Å². The van der Waals surface area contributed by atoms with Crippen LogP contribution in [-0.2, 0) is 4.74 Å². The summed E-state index contributed by atoms with van der Waals surface area (Å²) >= 11 is 5.09. The average molecular weight is 191 g/mol. The molecule has 0 aliphatic carbocycles. The first-order chi connectivity index (χ1) is 5.24. The van der Waals surface area contributed by atoms with Crippen molar-refractivity contribution in [2.24, 2.45) is 5.41 Å². The van der Waals surface area contributed by atoms with Gasteiger partial charge in [-0.25, -0.2) is 0 Å². The number of hydrogen-bond acceptors (Lipinski definition) is 1. The van der Waals surface area contributed by atoms with E-state index in [1.165, 1.54) is 0 Å². The van der Waals surface area contributed by atoms with E-state index < -0.39 is 25.4 Å². The third-order valence-electron chi connectivity index (χ3n) is 1.34. The molecule has 0 bridgehead atoms. The van der Waals surface area contributed by atoms with Crippen LogP contribution in [0.25, 0.3) is 0 Å². The summed E-state index contributed by atoms with van der Waals surface area (Å²) in [4.78, 5) is 0. The van der Waals surface area contributed by atoms with Crippen LogP contribution in [0, 0.1) is 5.41 Å². The van der Waals surface area contributed by atoms with Gasteiger partial charge in [0, 0.05) is 0 Å². The fourth-order valence-electron chi connectivity index (χ4n) is 0.478. The van der Waals surface area contributed by atoms with Crippen LogP contribution in [0.1, 0.15) is 0 Å². The van der Waals surface area contributed by atoms with E-state index >= 15 is 0 Å². The van der Waals surface area contributed by atoms with Crippen molar-refractivity contribution in [3.63, 3.8) is 0 Å². The van der Waals surface area contributed by atoms with Crippen molar-refractivity contribution in [1.29, 1.82) is 0 Å². The molecule has 0 aliphatic rings. The lowest BCUT2D eigenvalue weighted by atomic mass is 9.95. The maximum absolute atomic E-state index is 12.0. The molecule has 1 nitrogen and oxygen atoms in total. The Kier molecular flexibility index (Phi) is 5.68. The van der Waals surface area contributed by atoms with Crippen molar-refractivity contribution in [2.45, 2.75) is 0 Å². The van der Waals surface area contributed by atoms with Gasteiger partial charge in [-0.1, -0.05) is 11.6 Å². The molecule has 0 unspecified atom stereocenters. The first-order valence-corrected chi connectivity index (χ1v) is 3.60. The minimum Gasteiger partial charge on any atom is -0.365 e. The van der Waals surface area contributed by atoms with Crippen LogP contribution in [-0.4, -0.2) is 32.7 Å². The fourth-order valence-corrected chi connectivity index (χ4v) is 0.555. The van der Waals surface area contributed by atoms with E-state index in [0.717, 1.165) is 0 Å². The first kappa shape index (κ1) is 11.0. The van der Waals surface area contributed by atoms with Crippen molar-refractivity contribution in [3.8, 4) is 0 Å². The summed E-state index contributed by atoms with van der Waals surface area (Å²) in [7, 11) is 0. The quantitative estimate of drug-likeness (QED) is 0.583. The molecule has 0 N–H and O–H groups in total. The zero-order valence-electron chi connectivity index (χ0n) is 5.96. The Morgan fingerprint density at radius 3 is 1.82 bits per heavy atom. The molecule has 68 valence electrons. The van der Waals surface area contributed by atoms with Crippen molar-refractivity contribution >= 4 is 11.6 Å². The molecule has 0 heterocycles. The standard InChI is InChI=1S/C6H10ClF3O/c7-5-11-4-6(1-8,2-9)3-10/h1-5H2. The van der Waals surface area contributed by atoms with Gasteiger partial charge >= 0.3 is 0 Å². The van der Waals surface area contributed by atoms with Gasteiger partial charge in [-0.05, 0) is 0 Å². The number of alkyl halides is 4. The molecule has 0 amide bonds. The van der Waals surface area contributed by atoms with E-state index in [4.69, 9.17) is 11.6 Å². The molecule has 11 heavy (non-hydrogen) atoms. The van der Waals surface area contributed by atoms with E-state index in [2.05, 4.69) is 4.74 Å². The lowest BCUT2D eigenvalue weighted by Gasteiger charge is -2.22. The van der Waals surface area contributed by atoms with Crippen LogP contribution >= 0.6 is 11.6 Å². The fraction of sp³-hybridized carbons (Fsp3) is 1.00. The third-order valence-corrected chi connectivity index (χ3v) is 1.49.